The van der Waals surface area contributed by atoms with Crippen LogP contribution in [0.3, 0.4) is 0 Å². The average Bonchev–Trinajstić information content (AvgIpc) is 3.33. The van der Waals surface area contributed by atoms with Crippen LogP contribution in [-0.2, 0) is 19.7 Å². The lowest BCUT2D eigenvalue weighted by molar-refractivity contribution is 0.268. The molecule has 0 atom stereocenters. The van der Waals surface area contributed by atoms with E-state index in [4.69, 9.17) is 9.47 Å². The van der Waals surface area contributed by atoms with Crippen LogP contribution >= 0.6 is 11.3 Å². The smallest absolute Gasteiger partial charge is 0.331 e. The zero-order chi connectivity index (χ0) is 26.0. The molecule has 2 aromatic carbocycles. The second-order valence-corrected chi connectivity index (χ2v) is 8.83. The second kappa shape index (κ2) is 10.4. The number of halogens is 3. The van der Waals surface area contributed by atoms with Gasteiger partial charge in [0.25, 0.3) is 5.56 Å². The van der Waals surface area contributed by atoms with E-state index >= 15 is 4.39 Å². The van der Waals surface area contributed by atoms with E-state index in [1.165, 1.54) is 17.9 Å². The summed E-state index contributed by atoms with van der Waals surface area (Å²) in [5.74, 6) is -4.17. The largest absolute Gasteiger partial charge is 0.497 e. The average molecular weight is 519 g/mol. The molecule has 0 N–H and O–H groups in total. The summed E-state index contributed by atoms with van der Waals surface area (Å²) in [4.78, 5) is 24.7. The quantitative estimate of drug-likeness (QED) is 0.329. The molecule has 4 rings (SSSR count). The molecule has 36 heavy (non-hydrogen) atoms. The molecular formula is C24H21F3N4O4S. The van der Waals surface area contributed by atoms with Crippen molar-refractivity contribution in [3.8, 4) is 22.1 Å². The first-order valence-corrected chi connectivity index (χ1v) is 11.6. The van der Waals surface area contributed by atoms with Gasteiger partial charge in [-0.2, -0.15) is 4.39 Å². The van der Waals surface area contributed by atoms with Gasteiger partial charge in [-0.3, -0.25) is 13.9 Å². The van der Waals surface area contributed by atoms with Crippen LogP contribution < -0.4 is 20.7 Å². The van der Waals surface area contributed by atoms with E-state index in [2.05, 4.69) is 10.2 Å². The van der Waals surface area contributed by atoms with Crippen molar-refractivity contribution in [2.24, 2.45) is 0 Å². The molecule has 188 valence electrons. The first kappa shape index (κ1) is 25.2. The molecule has 0 bridgehead atoms. The zero-order valence-corrected chi connectivity index (χ0v) is 20.4. The Morgan fingerprint density at radius 3 is 2.44 bits per heavy atom. The molecule has 4 aromatic rings. The first-order valence-electron chi connectivity index (χ1n) is 10.8. The Morgan fingerprint density at radius 1 is 1.06 bits per heavy atom. The van der Waals surface area contributed by atoms with E-state index in [-0.39, 0.29) is 35.8 Å². The molecule has 0 aliphatic rings. The van der Waals surface area contributed by atoms with Gasteiger partial charge in [0.15, 0.2) is 22.4 Å². The van der Waals surface area contributed by atoms with E-state index < -0.39 is 28.9 Å². The number of hydrogen-bond acceptors (Lipinski definition) is 7. The zero-order valence-electron chi connectivity index (χ0n) is 19.5. The summed E-state index contributed by atoms with van der Waals surface area (Å²) in [5.41, 5.74) is -0.288. The lowest BCUT2D eigenvalue weighted by atomic mass is 10.2. The summed E-state index contributed by atoms with van der Waals surface area (Å²) in [6.07, 6.45) is 1.40. The molecule has 0 saturated carbocycles. The Hall–Kier alpha value is -3.93. The van der Waals surface area contributed by atoms with Crippen molar-refractivity contribution in [1.82, 2.24) is 19.3 Å². The van der Waals surface area contributed by atoms with Gasteiger partial charge in [0, 0.05) is 18.3 Å². The minimum atomic E-state index is -1.46. The minimum Gasteiger partial charge on any atom is -0.497 e. The van der Waals surface area contributed by atoms with Crippen LogP contribution in [-0.4, -0.2) is 26.4 Å². The topological polar surface area (TPSA) is 88.2 Å². The summed E-state index contributed by atoms with van der Waals surface area (Å²) in [7, 11) is 1.51. The maximum Gasteiger partial charge on any atom is 0.331 e. The summed E-state index contributed by atoms with van der Waals surface area (Å²) in [6.45, 7) is 3.21. The van der Waals surface area contributed by atoms with Crippen LogP contribution in [0.15, 0.2) is 46.1 Å². The molecule has 0 radical (unpaired) electrons. The van der Waals surface area contributed by atoms with Gasteiger partial charge in [-0.25, -0.2) is 13.6 Å². The third-order valence-electron chi connectivity index (χ3n) is 5.39. The van der Waals surface area contributed by atoms with Crippen LogP contribution in [0.25, 0.3) is 10.6 Å². The lowest BCUT2D eigenvalue weighted by Crippen LogP contribution is -2.40. The van der Waals surface area contributed by atoms with Gasteiger partial charge in [0.1, 0.15) is 17.4 Å². The minimum absolute atomic E-state index is 0.0238. The number of ether oxygens (including phenoxy) is 2. The van der Waals surface area contributed by atoms with E-state index in [1.807, 2.05) is 0 Å². The van der Waals surface area contributed by atoms with Gasteiger partial charge in [-0.05, 0) is 37.6 Å². The fourth-order valence-electron chi connectivity index (χ4n) is 3.50. The Labute approximate surface area is 207 Å². The Bertz CT molecular complexity index is 1530. The highest BCUT2D eigenvalue weighted by atomic mass is 32.1. The SMILES string of the molecule is CCn1c(=O)c(C)cn(Cc2nnc(-c3cc(F)c(F)c(OCc4ccc(OC)cc4)c3F)s2)c1=O. The third kappa shape index (κ3) is 4.89. The highest BCUT2D eigenvalue weighted by molar-refractivity contribution is 7.14. The van der Waals surface area contributed by atoms with Gasteiger partial charge < -0.3 is 9.47 Å². The van der Waals surface area contributed by atoms with Crippen LogP contribution in [0, 0.1) is 24.4 Å². The van der Waals surface area contributed by atoms with E-state index in [1.54, 1.807) is 38.1 Å². The number of hydrogen-bond donors (Lipinski definition) is 0. The summed E-state index contributed by atoms with van der Waals surface area (Å²) in [5, 5.41) is 8.13. The van der Waals surface area contributed by atoms with Gasteiger partial charge in [-0.1, -0.05) is 23.5 Å². The van der Waals surface area contributed by atoms with E-state index in [0.717, 1.165) is 15.9 Å². The van der Waals surface area contributed by atoms with Crippen molar-refractivity contribution in [2.45, 2.75) is 33.5 Å². The molecule has 12 heteroatoms. The summed E-state index contributed by atoms with van der Waals surface area (Å²) >= 11 is 0.901. The van der Waals surface area contributed by atoms with Crippen molar-refractivity contribution in [3.05, 3.63) is 91.0 Å². The summed E-state index contributed by atoms with van der Waals surface area (Å²) in [6, 6.07) is 7.30. The number of aromatic nitrogens is 4. The highest BCUT2D eigenvalue weighted by Gasteiger charge is 2.24. The molecule has 2 heterocycles. The Morgan fingerprint density at radius 2 is 1.78 bits per heavy atom. The number of nitrogens with zero attached hydrogens (tertiary/aromatic N) is 4. The molecule has 0 unspecified atom stereocenters. The molecule has 0 aliphatic carbocycles. The summed E-state index contributed by atoms with van der Waals surface area (Å²) < 4.78 is 56.7. The first-order chi connectivity index (χ1) is 17.2. The van der Waals surface area contributed by atoms with Gasteiger partial charge in [-0.15, -0.1) is 10.2 Å². The molecule has 0 saturated heterocycles. The monoisotopic (exact) mass is 518 g/mol. The van der Waals surface area contributed by atoms with Crippen molar-refractivity contribution in [1.29, 1.82) is 0 Å². The standard InChI is InChI=1S/C24H21F3N4O4S/c1-4-31-23(32)13(2)10-30(24(31)33)11-18-28-29-22(36-18)16-9-17(25)20(27)21(19(16)26)35-12-14-5-7-15(34-3)8-6-14/h5-10H,4,11-12H2,1-3H3. The van der Waals surface area contributed by atoms with Crippen molar-refractivity contribution >= 4 is 11.3 Å². The van der Waals surface area contributed by atoms with Gasteiger partial charge in [0.2, 0.25) is 5.82 Å². The normalized spacial score (nSPS) is 11.1. The van der Waals surface area contributed by atoms with Gasteiger partial charge in [0.05, 0.1) is 19.2 Å². The highest BCUT2D eigenvalue weighted by Crippen LogP contribution is 2.35. The van der Waals surface area contributed by atoms with Crippen molar-refractivity contribution in [3.63, 3.8) is 0 Å². The number of rotatable bonds is 8. The third-order valence-corrected chi connectivity index (χ3v) is 6.33. The van der Waals surface area contributed by atoms with Crippen LogP contribution in [0.2, 0.25) is 0 Å². The van der Waals surface area contributed by atoms with E-state index in [0.29, 0.717) is 28.0 Å². The molecule has 0 spiro atoms. The molecular weight excluding hydrogens is 497 g/mol. The fraction of sp³-hybridized carbons (Fsp3) is 0.250. The van der Waals surface area contributed by atoms with E-state index in [9.17, 15) is 18.4 Å². The fourth-order valence-corrected chi connectivity index (χ4v) is 4.35. The maximum atomic E-state index is 15.2. The predicted octanol–water partition coefficient (Wildman–Crippen LogP) is 3.91. The van der Waals surface area contributed by atoms with Gasteiger partial charge >= 0.3 is 5.69 Å². The number of benzene rings is 2. The number of aryl methyl sites for hydroxylation is 1. The number of methoxy groups -OCH3 is 1. The maximum absolute atomic E-state index is 15.2. The molecule has 0 fully saturated rings. The Kier molecular flexibility index (Phi) is 7.25. The molecule has 2 aromatic heterocycles. The van der Waals surface area contributed by atoms with Crippen LogP contribution in [0.4, 0.5) is 13.2 Å². The van der Waals surface area contributed by atoms with Crippen molar-refractivity contribution < 1.29 is 22.6 Å². The Balaban J connectivity index is 1.62. The lowest BCUT2D eigenvalue weighted by Gasteiger charge is -2.11. The predicted molar refractivity (Wildman–Crippen MR) is 127 cm³/mol. The molecule has 8 nitrogen and oxygen atoms in total. The molecule has 0 amide bonds. The molecule has 0 aliphatic heterocycles. The second-order valence-electron chi connectivity index (χ2n) is 7.77. The van der Waals surface area contributed by atoms with Crippen molar-refractivity contribution in [2.75, 3.05) is 7.11 Å². The van der Waals surface area contributed by atoms with Crippen LogP contribution in [0.5, 0.6) is 11.5 Å². The van der Waals surface area contributed by atoms with Crippen LogP contribution in [0.1, 0.15) is 23.1 Å².